The van der Waals surface area contributed by atoms with Gasteiger partial charge in [-0.3, -0.25) is 4.79 Å². The van der Waals surface area contributed by atoms with Gasteiger partial charge in [-0.25, -0.2) is 0 Å². The lowest BCUT2D eigenvalue weighted by Crippen LogP contribution is -2.38. The molecule has 0 bridgehead atoms. The van der Waals surface area contributed by atoms with Gasteiger partial charge in [-0.2, -0.15) is 11.8 Å². The number of hydrogen-bond donors (Lipinski definition) is 1. The van der Waals surface area contributed by atoms with E-state index in [9.17, 15) is 4.79 Å². The van der Waals surface area contributed by atoms with E-state index in [1.165, 1.54) is 37.2 Å². The standard InChI is InChI=1S/C13H22BrNOS/c14-11-1-3-12(4-2-11)15-13(16)9-10-5-7-17-8-6-10/h10-12H,1-9H2,(H,15,16). The Morgan fingerprint density at radius 2 is 1.76 bits per heavy atom. The highest BCUT2D eigenvalue weighted by atomic mass is 79.9. The molecule has 0 atom stereocenters. The van der Waals surface area contributed by atoms with Gasteiger partial charge < -0.3 is 5.32 Å². The van der Waals surface area contributed by atoms with Crippen LogP contribution in [0.5, 0.6) is 0 Å². The third-order valence-corrected chi connectivity index (χ3v) is 5.80. The first-order chi connectivity index (χ1) is 8.24. The molecular formula is C13H22BrNOS. The van der Waals surface area contributed by atoms with Gasteiger partial charge in [0.15, 0.2) is 0 Å². The molecule has 4 heteroatoms. The maximum Gasteiger partial charge on any atom is 0.220 e. The van der Waals surface area contributed by atoms with Crippen molar-refractivity contribution in [2.45, 2.75) is 55.8 Å². The van der Waals surface area contributed by atoms with Crippen molar-refractivity contribution in [1.29, 1.82) is 0 Å². The van der Waals surface area contributed by atoms with Gasteiger partial charge in [0.1, 0.15) is 0 Å². The Kier molecular flexibility index (Phi) is 5.67. The van der Waals surface area contributed by atoms with Crippen LogP contribution in [-0.2, 0) is 4.79 Å². The van der Waals surface area contributed by atoms with Crippen LogP contribution in [0.15, 0.2) is 0 Å². The lowest BCUT2D eigenvalue weighted by Gasteiger charge is -2.27. The Balaban J connectivity index is 1.66. The van der Waals surface area contributed by atoms with E-state index in [0.29, 0.717) is 22.7 Å². The number of carbonyl (C=O) groups excluding carboxylic acids is 1. The molecule has 2 fully saturated rings. The second-order valence-corrected chi connectivity index (χ2v) is 7.80. The molecule has 2 rings (SSSR count). The monoisotopic (exact) mass is 319 g/mol. The molecule has 0 aromatic carbocycles. The van der Waals surface area contributed by atoms with Gasteiger partial charge in [-0.15, -0.1) is 0 Å². The first-order valence-corrected chi connectivity index (χ1v) is 8.82. The Hall–Kier alpha value is 0.300. The summed E-state index contributed by atoms with van der Waals surface area (Å²) in [5.41, 5.74) is 0. The van der Waals surface area contributed by atoms with Crippen molar-refractivity contribution in [2.24, 2.45) is 5.92 Å². The van der Waals surface area contributed by atoms with Crippen molar-refractivity contribution in [3.05, 3.63) is 0 Å². The van der Waals surface area contributed by atoms with E-state index in [0.717, 1.165) is 19.3 Å². The molecule has 1 aliphatic carbocycles. The zero-order valence-corrected chi connectivity index (χ0v) is 12.7. The number of amides is 1. The van der Waals surface area contributed by atoms with Crippen LogP contribution in [0, 0.1) is 5.92 Å². The molecule has 1 heterocycles. The van der Waals surface area contributed by atoms with Gasteiger partial charge in [0.2, 0.25) is 5.91 Å². The summed E-state index contributed by atoms with van der Waals surface area (Å²) < 4.78 is 0. The van der Waals surface area contributed by atoms with Crippen molar-refractivity contribution in [1.82, 2.24) is 5.32 Å². The summed E-state index contributed by atoms with van der Waals surface area (Å²) in [6, 6.07) is 0.439. The first kappa shape index (κ1) is 13.7. The van der Waals surface area contributed by atoms with Crippen molar-refractivity contribution in [3.8, 4) is 0 Å². The minimum absolute atomic E-state index is 0.292. The normalized spacial score (nSPS) is 31.1. The van der Waals surface area contributed by atoms with Gasteiger partial charge >= 0.3 is 0 Å². The number of thioether (sulfide) groups is 1. The highest BCUT2D eigenvalue weighted by molar-refractivity contribution is 9.09. The smallest absolute Gasteiger partial charge is 0.220 e. The zero-order valence-electron chi connectivity index (χ0n) is 10.3. The third-order valence-electron chi connectivity index (χ3n) is 3.84. The molecule has 1 N–H and O–H groups in total. The highest BCUT2D eigenvalue weighted by Gasteiger charge is 2.22. The Morgan fingerprint density at radius 3 is 2.41 bits per heavy atom. The molecule has 1 saturated carbocycles. The molecule has 0 aromatic heterocycles. The van der Waals surface area contributed by atoms with E-state index < -0.39 is 0 Å². The van der Waals surface area contributed by atoms with E-state index in [-0.39, 0.29) is 0 Å². The quantitative estimate of drug-likeness (QED) is 0.808. The van der Waals surface area contributed by atoms with Crippen molar-refractivity contribution < 1.29 is 4.79 Å². The zero-order chi connectivity index (χ0) is 12.1. The highest BCUT2D eigenvalue weighted by Crippen LogP contribution is 2.26. The number of carbonyl (C=O) groups is 1. The predicted molar refractivity (Wildman–Crippen MR) is 77.8 cm³/mol. The van der Waals surface area contributed by atoms with Crippen molar-refractivity contribution in [2.75, 3.05) is 11.5 Å². The predicted octanol–water partition coefficient (Wildman–Crippen LogP) is 3.34. The molecule has 0 aromatic rings. The van der Waals surface area contributed by atoms with Crippen LogP contribution in [0.4, 0.5) is 0 Å². The lowest BCUT2D eigenvalue weighted by atomic mass is 9.94. The van der Waals surface area contributed by atoms with Crippen LogP contribution in [0.2, 0.25) is 0 Å². The minimum Gasteiger partial charge on any atom is -0.353 e. The Labute approximate surface area is 117 Å². The van der Waals surface area contributed by atoms with E-state index >= 15 is 0 Å². The van der Waals surface area contributed by atoms with Gasteiger partial charge in [0, 0.05) is 17.3 Å². The van der Waals surface area contributed by atoms with Gasteiger partial charge in [0.25, 0.3) is 0 Å². The van der Waals surface area contributed by atoms with Crippen LogP contribution in [-0.4, -0.2) is 28.3 Å². The molecule has 1 amide bonds. The first-order valence-electron chi connectivity index (χ1n) is 6.75. The summed E-state index contributed by atoms with van der Waals surface area (Å²) in [5.74, 6) is 3.42. The summed E-state index contributed by atoms with van der Waals surface area (Å²) in [5, 5.41) is 3.22. The number of alkyl halides is 1. The summed E-state index contributed by atoms with van der Waals surface area (Å²) in [6.07, 6.45) is 7.90. The summed E-state index contributed by atoms with van der Waals surface area (Å²) in [7, 11) is 0. The van der Waals surface area contributed by atoms with Crippen LogP contribution in [0.1, 0.15) is 44.9 Å². The van der Waals surface area contributed by atoms with Crippen molar-refractivity contribution >= 4 is 33.6 Å². The second kappa shape index (κ2) is 7.03. The second-order valence-electron chi connectivity index (χ2n) is 5.28. The topological polar surface area (TPSA) is 29.1 Å². The molecule has 0 spiro atoms. The van der Waals surface area contributed by atoms with E-state index in [4.69, 9.17) is 0 Å². The minimum atomic E-state index is 0.292. The number of halogens is 1. The maximum absolute atomic E-state index is 11.9. The average molecular weight is 320 g/mol. The largest absolute Gasteiger partial charge is 0.353 e. The molecule has 0 radical (unpaired) electrons. The lowest BCUT2D eigenvalue weighted by molar-refractivity contribution is -0.123. The molecule has 17 heavy (non-hydrogen) atoms. The Morgan fingerprint density at radius 1 is 1.12 bits per heavy atom. The average Bonchev–Trinajstić information content (AvgIpc) is 2.33. The number of rotatable bonds is 3. The Bertz CT molecular complexity index is 248. The number of nitrogens with one attached hydrogen (secondary N) is 1. The summed E-state index contributed by atoms with van der Waals surface area (Å²) in [4.78, 5) is 12.6. The molecule has 1 saturated heterocycles. The molecule has 98 valence electrons. The molecule has 1 aliphatic heterocycles. The fraction of sp³-hybridized carbons (Fsp3) is 0.923. The maximum atomic E-state index is 11.9. The SMILES string of the molecule is O=C(CC1CCSCC1)NC1CCC(Br)CC1. The molecular weight excluding hydrogens is 298 g/mol. The molecule has 2 nitrogen and oxygen atoms in total. The fourth-order valence-corrected chi connectivity index (χ4v) is 4.43. The van der Waals surface area contributed by atoms with Crippen LogP contribution < -0.4 is 5.32 Å². The molecule has 2 aliphatic rings. The van der Waals surface area contributed by atoms with E-state index in [1.807, 2.05) is 11.8 Å². The van der Waals surface area contributed by atoms with Gasteiger partial charge in [-0.05, 0) is 55.9 Å². The van der Waals surface area contributed by atoms with Gasteiger partial charge in [0.05, 0.1) is 0 Å². The summed E-state index contributed by atoms with van der Waals surface area (Å²) in [6.45, 7) is 0. The van der Waals surface area contributed by atoms with Crippen LogP contribution >= 0.6 is 27.7 Å². The van der Waals surface area contributed by atoms with Crippen LogP contribution in [0.3, 0.4) is 0 Å². The summed E-state index contributed by atoms with van der Waals surface area (Å²) >= 11 is 5.67. The van der Waals surface area contributed by atoms with E-state index in [2.05, 4.69) is 21.2 Å². The van der Waals surface area contributed by atoms with Gasteiger partial charge in [-0.1, -0.05) is 15.9 Å². The fourth-order valence-electron chi connectivity index (χ4n) is 2.70. The van der Waals surface area contributed by atoms with E-state index in [1.54, 1.807) is 0 Å². The third kappa shape index (κ3) is 4.82. The molecule has 0 unspecified atom stereocenters. The van der Waals surface area contributed by atoms with Crippen molar-refractivity contribution in [3.63, 3.8) is 0 Å². The van der Waals surface area contributed by atoms with Crippen LogP contribution in [0.25, 0.3) is 0 Å². The number of hydrogen-bond acceptors (Lipinski definition) is 2.